The summed E-state index contributed by atoms with van der Waals surface area (Å²) >= 11 is 0. The van der Waals surface area contributed by atoms with Crippen LogP contribution in [-0.2, 0) is 14.8 Å². The molecule has 1 aliphatic heterocycles. The number of benzene rings is 1. The SMILES string of the molecule is CC(C)(O)CNC(=O)CC1CCN(S(=O)(=O)c2ccccc2)CC1. The van der Waals surface area contributed by atoms with Crippen LogP contribution in [0.4, 0.5) is 0 Å². The van der Waals surface area contributed by atoms with Crippen molar-refractivity contribution in [2.24, 2.45) is 5.92 Å². The number of hydrogen-bond acceptors (Lipinski definition) is 4. The smallest absolute Gasteiger partial charge is 0.243 e. The summed E-state index contributed by atoms with van der Waals surface area (Å²) in [5.74, 6) is 0.0792. The summed E-state index contributed by atoms with van der Waals surface area (Å²) in [6.07, 6.45) is 1.71. The van der Waals surface area contributed by atoms with Crippen LogP contribution in [0.5, 0.6) is 0 Å². The summed E-state index contributed by atoms with van der Waals surface area (Å²) in [5, 5.41) is 12.3. The quantitative estimate of drug-likeness (QED) is 0.808. The van der Waals surface area contributed by atoms with Gasteiger partial charge < -0.3 is 10.4 Å². The number of carbonyl (C=O) groups excluding carboxylic acids is 1. The molecule has 1 aromatic rings. The van der Waals surface area contributed by atoms with Gasteiger partial charge in [0.25, 0.3) is 0 Å². The van der Waals surface area contributed by atoms with Gasteiger partial charge >= 0.3 is 0 Å². The zero-order valence-corrected chi connectivity index (χ0v) is 15.1. The lowest BCUT2D eigenvalue weighted by molar-refractivity contribution is -0.123. The molecule has 24 heavy (non-hydrogen) atoms. The molecule has 1 aromatic carbocycles. The Morgan fingerprint density at radius 2 is 1.83 bits per heavy atom. The van der Waals surface area contributed by atoms with E-state index in [2.05, 4.69) is 5.32 Å². The number of rotatable bonds is 6. The largest absolute Gasteiger partial charge is 0.389 e. The van der Waals surface area contributed by atoms with Crippen molar-refractivity contribution in [2.75, 3.05) is 19.6 Å². The molecular weight excluding hydrogens is 328 g/mol. The highest BCUT2D eigenvalue weighted by Crippen LogP contribution is 2.25. The average molecular weight is 354 g/mol. The fourth-order valence-electron chi connectivity index (χ4n) is 2.74. The zero-order chi connectivity index (χ0) is 17.8. The molecule has 2 N–H and O–H groups in total. The van der Waals surface area contributed by atoms with Crippen molar-refractivity contribution in [1.29, 1.82) is 0 Å². The number of sulfonamides is 1. The monoisotopic (exact) mass is 354 g/mol. The molecule has 6 nitrogen and oxygen atoms in total. The van der Waals surface area contributed by atoms with E-state index in [9.17, 15) is 18.3 Å². The molecule has 1 fully saturated rings. The maximum absolute atomic E-state index is 12.5. The molecule has 1 saturated heterocycles. The van der Waals surface area contributed by atoms with Crippen molar-refractivity contribution < 1.29 is 18.3 Å². The van der Waals surface area contributed by atoms with Crippen LogP contribution in [0.2, 0.25) is 0 Å². The fraction of sp³-hybridized carbons (Fsp3) is 0.588. The topological polar surface area (TPSA) is 86.7 Å². The molecule has 7 heteroatoms. The van der Waals surface area contributed by atoms with Crippen molar-refractivity contribution in [2.45, 2.75) is 43.6 Å². The molecule has 1 amide bonds. The van der Waals surface area contributed by atoms with Crippen molar-refractivity contribution in [3.63, 3.8) is 0 Å². The van der Waals surface area contributed by atoms with Gasteiger partial charge in [0.15, 0.2) is 0 Å². The second-order valence-corrected chi connectivity index (χ2v) is 8.89. The van der Waals surface area contributed by atoms with E-state index in [1.54, 1.807) is 44.2 Å². The second kappa shape index (κ2) is 7.63. The van der Waals surface area contributed by atoms with Crippen LogP contribution in [0.25, 0.3) is 0 Å². The molecule has 2 rings (SSSR count). The summed E-state index contributed by atoms with van der Waals surface area (Å²) in [5.41, 5.74) is -0.928. The molecule has 0 unspecified atom stereocenters. The van der Waals surface area contributed by atoms with Crippen LogP contribution in [0.1, 0.15) is 33.1 Å². The number of carbonyl (C=O) groups is 1. The van der Waals surface area contributed by atoms with E-state index >= 15 is 0 Å². The van der Waals surface area contributed by atoms with Gasteiger partial charge in [0.2, 0.25) is 15.9 Å². The van der Waals surface area contributed by atoms with Gasteiger partial charge in [-0.05, 0) is 44.7 Å². The third kappa shape index (κ3) is 5.29. The predicted molar refractivity (Wildman–Crippen MR) is 91.8 cm³/mol. The average Bonchev–Trinajstić information content (AvgIpc) is 2.54. The van der Waals surface area contributed by atoms with E-state index in [0.29, 0.717) is 37.2 Å². The van der Waals surface area contributed by atoms with Crippen LogP contribution < -0.4 is 5.32 Å². The number of amides is 1. The maximum Gasteiger partial charge on any atom is 0.243 e. The fourth-order valence-corrected chi connectivity index (χ4v) is 4.24. The van der Waals surface area contributed by atoms with E-state index in [-0.39, 0.29) is 18.4 Å². The lowest BCUT2D eigenvalue weighted by atomic mass is 9.94. The third-order valence-electron chi connectivity index (χ3n) is 4.15. The zero-order valence-electron chi connectivity index (χ0n) is 14.2. The molecule has 1 heterocycles. The van der Waals surface area contributed by atoms with Gasteiger partial charge in [0.1, 0.15) is 0 Å². The second-order valence-electron chi connectivity index (χ2n) is 6.95. The van der Waals surface area contributed by atoms with E-state index in [0.717, 1.165) is 0 Å². The van der Waals surface area contributed by atoms with Crippen molar-refractivity contribution in [1.82, 2.24) is 9.62 Å². The molecule has 0 bridgehead atoms. The minimum atomic E-state index is -3.44. The van der Waals surface area contributed by atoms with Gasteiger partial charge in [-0.2, -0.15) is 4.31 Å². The molecule has 1 aliphatic rings. The highest BCUT2D eigenvalue weighted by Gasteiger charge is 2.30. The number of hydrogen-bond donors (Lipinski definition) is 2. The van der Waals surface area contributed by atoms with Crippen molar-refractivity contribution in [3.8, 4) is 0 Å². The lowest BCUT2D eigenvalue weighted by Gasteiger charge is -2.31. The van der Waals surface area contributed by atoms with Crippen LogP contribution in [0.15, 0.2) is 35.2 Å². The van der Waals surface area contributed by atoms with Gasteiger partial charge in [-0.1, -0.05) is 18.2 Å². The Kier molecular flexibility index (Phi) is 6.01. The normalized spacial score (nSPS) is 17.6. The summed E-state index contributed by atoms with van der Waals surface area (Å²) in [6, 6.07) is 8.42. The first-order chi connectivity index (χ1) is 11.2. The van der Waals surface area contributed by atoms with Crippen LogP contribution in [0.3, 0.4) is 0 Å². The Morgan fingerprint density at radius 3 is 2.38 bits per heavy atom. The van der Waals surface area contributed by atoms with Crippen LogP contribution in [0, 0.1) is 5.92 Å². The molecule has 134 valence electrons. The third-order valence-corrected chi connectivity index (χ3v) is 6.06. The first-order valence-electron chi connectivity index (χ1n) is 8.23. The molecule has 0 aromatic heterocycles. The lowest BCUT2D eigenvalue weighted by Crippen LogP contribution is -2.41. The Labute approximate surface area is 143 Å². The minimum absolute atomic E-state index is 0.0958. The maximum atomic E-state index is 12.5. The molecular formula is C17H26N2O4S. The van der Waals surface area contributed by atoms with E-state index in [1.807, 2.05) is 0 Å². The number of nitrogens with one attached hydrogen (secondary N) is 1. The van der Waals surface area contributed by atoms with E-state index < -0.39 is 15.6 Å². The molecule has 0 radical (unpaired) electrons. The number of nitrogens with zero attached hydrogens (tertiary/aromatic N) is 1. The molecule has 0 atom stereocenters. The van der Waals surface area contributed by atoms with Gasteiger partial charge in [-0.25, -0.2) is 8.42 Å². The van der Waals surface area contributed by atoms with Gasteiger partial charge in [-0.3, -0.25) is 4.79 Å². The summed E-state index contributed by atoms with van der Waals surface area (Å²) < 4.78 is 26.6. The van der Waals surface area contributed by atoms with E-state index in [4.69, 9.17) is 0 Å². The Morgan fingerprint density at radius 1 is 1.25 bits per heavy atom. The summed E-state index contributed by atoms with van der Waals surface area (Å²) in [6.45, 7) is 4.36. The predicted octanol–water partition coefficient (Wildman–Crippen LogP) is 1.36. The Bertz CT molecular complexity index is 645. The highest BCUT2D eigenvalue weighted by molar-refractivity contribution is 7.89. The summed E-state index contributed by atoms with van der Waals surface area (Å²) in [4.78, 5) is 12.2. The van der Waals surface area contributed by atoms with Crippen LogP contribution in [-0.4, -0.2) is 49.0 Å². The first kappa shape index (κ1) is 18.9. The Balaban J connectivity index is 1.84. The highest BCUT2D eigenvalue weighted by atomic mass is 32.2. The number of piperidine rings is 1. The molecule has 0 aliphatic carbocycles. The number of aliphatic hydroxyl groups is 1. The summed E-state index contributed by atoms with van der Waals surface area (Å²) in [7, 11) is -3.44. The minimum Gasteiger partial charge on any atom is -0.389 e. The first-order valence-corrected chi connectivity index (χ1v) is 9.67. The van der Waals surface area contributed by atoms with Gasteiger partial charge in [-0.15, -0.1) is 0 Å². The van der Waals surface area contributed by atoms with Gasteiger partial charge in [0, 0.05) is 26.1 Å². The van der Waals surface area contributed by atoms with Crippen LogP contribution >= 0.6 is 0 Å². The Hall–Kier alpha value is -1.44. The standard InChI is InChI=1S/C17H26N2O4S/c1-17(2,21)13-18-16(20)12-14-8-10-19(11-9-14)24(22,23)15-6-4-3-5-7-15/h3-7,14,21H,8-13H2,1-2H3,(H,18,20). The van der Waals surface area contributed by atoms with E-state index in [1.165, 1.54) is 4.31 Å². The molecule has 0 spiro atoms. The van der Waals surface area contributed by atoms with Gasteiger partial charge in [0.05, 0.1) is 10.5 Å². The molecule has 0 saturated carbocycles. The van der Waals surface area contributed by atoms with Crippen molar-refractivity contribution >= 4 is 15.9 Å². The van der Waals surface area contributed by atoms with Crippen molar-refractivity contribution in [3.05, 3.63) is 30.3 Å².